The van der Waals surface area contributed by atoms with Gasteiger partial charge in [0.2, 0.25) is 0 Å². The molecule has 0 aliphatic carbocycles. The third kappa shape index (κ3) is 10.2. The van der Waals surface area contributed by atoms with E-state index in [1.807, 2.05) is 0 Å². The Bertz CT molecular complexity index is 7720. The summed E-state index contributed by atoms with van der Waals surface area (Å²) in [5.74, 6) is 0. The van der Waals surface area contributed by atoms with E-state index in [0.717, 1.165) is 0 Å². The zero-order valence-electron chi connectivity index (χ0n) is 61.9. The summed E-state index contributed by atoms with van der Waals surface area (Å²) in [6.07, 6.45) is 0. The third-order valence-electron chi connectivity index (χ3n) is 23.8. The topological polar surface area (TPSA) is 24.6 Å². The van der Waals surface area contributed by atoms with Gasteiger partial charge in [-0.05, 0) is 158 Å². The molecule has 0 spiro atoms. The van der Waals surface area contributed by atoms with Crippen LogP contribution in [0.15, 0.2) is 364 Å². The van der Waals surface area contributed by atoms with Gasteiger partial charge in [-0.1, -0.05) is 297 Å². The molecule has 25 aromatic rings. The van der Waals surface area contributed by atoms with E-state index < -0.39 is 0 Å². The van der Waals surface area contributed by atoms with E-state index in [4.69, 9.17) is 0 Å². The van der Waals surface area contributed by atoms with Gasteiger partial charge in [-0.25, -0.2) is 0 Å². The predicted molar refractivity (Wildman–Crippen MR) is 477 cm³/mol. The molecule has 110 heavy (non-hydrogen) atoms. The molecule has 5 heterocycles. The van der Waals surface area contributed by atoms with Crippen LogP contribution in [0.5, 0.6) is 0 Å². The molecule has 0 radical (unpaired) electrons. The van der Waals surface area contributed by atoms with Gasteiger partial charge in [0.05, 0.1) is 16.6 Å². The van der Waals surface area contributed by atoms with Crippen molar-refractivity contribution in [3.63, 3.8) is 0 Å². The van der Waals surface area contributed by atoms with Crippen LogP contribution in [0.25, 0.3) is 217 Å². The molecule has 0 aliphatic rings. The smallest absolute Gasteiger partial charge is 0.0568 e. The molecule has 0 N–H and O–H groups in total. The molecule has 0 aliphatic heterocycles. The monoisotopic (exact) mass is 1410 g/mol. The van der Waals surface area contributed by atoms with Crippen LogP contribution in [0.4, 0.5) is 0 Å². The van der Waals surface area contributed by atoms with E-state index in [1.54, 1.807) is 0 Å². The number of hydrogen-bond acceptors (Lipinski definition) is 0. The van der Waals surface area contributed by atoms with E-state index in [0.29, 0.717) is 0 Å². The Balaban J connectivity index is 0.0000000873. The van der Waals surface area contributed by atoms with Crippen molar-refractivity contribution in [1.29, 1.82) is 0 Å². The molecule has 0 unspecified atom stereocenters. The van der Waals surface area contributed by atoms with E-state index in [2.05, 4.69) is 422 Å². The van der Waals surface area contributed by atoms with Gasteiger partial charge in [-0.3, -0.25) is 0 Å². The molecule has 0 atom stereocenters. The standard InChI is InChI=1S/5C21H15N/c1-22-20-12-16-8-4-2-6-14(16)10-18(20)19-11-15-7-3-5-9-17(15)13-21(19)22;1-22-18-12-10-14-6-2-4-8-16(14)20(18)21-17-9-5-3-7-15(17)11-13-19(21)22;1-22-20-16-8-4-2-6-14(16)10-12-18(20)19-13-11-15-7-3-5-9-17(15)21(19)22;1-22-19-11-10-14-6-4-5-9-17(14)21(19)18-12-15-7-2-3-8-16(15)13-20(18)22;1-22-20-13-16-8-3-2-7-15(16)12-19(20)18-11-10-14-6-4-5-9-17(14)21(18)22/h5*2-13H,1H3. The fraction of sp³-hybridized carbons (Fsp3) is 0.0476. The van der Waals surface area contributed by atoms with Crippen LogP contribution in [0.1, 0.15) is 0 Å². The van der Waals surface area contributed by atoms with Crippen molar-refractivity contribution in [2.75, 3.05) is 0 Å². The summed E-state index contributed by atoms with van der Waals surface area (Å²) in [4.78, 5) is 0. The zero-order valence-corrected chi connectivity index (χ0v) is 61.9. The summed E-state index contributed by atoms with van der Waals surface area (Å²) in [5.41, 5.74) is 13.0. The van der Waals surface area contributed by atoms with Gasteiger partial charge in [0, 0.05) is 144 Å². The second-order valence-electron chi connectivity index (χ2n) is 29.8. The number of benzene rings is 20. The average Bonchev–Trinajstić information content (AvgIpc) is 1.53. The van der Waals surface area contributed by atoms with Gasteiger partial charge in [0.1, 0.15) is 0 Å². The maximum absolute atomic E-state index is 2.36. The fourth-order valence-corrected chi connectivity index (χ4v) is 18.4. The maximum Gasteiger partial charge on any atom is 0.0568 e. The van der Waals surface area contributed by atoms with Crippen molar-refractivity contribution in [3.8, 4) is 0 Å². The fourth-order valence-electron chi connectivity index (χ4n) is 18.4. The number of hydrogen-bond donors (Lipinski definition) is 0. The van der Waals surface area contributed by atoms with E-state index >= 15 is 0 Å². The molecular formula is C105H75N5. The molecule has 20 aromatic carbocycles. The highest BCUT2D eigenvalue weighted by Crippen LogP contribution is 2.43. The first-order valence-electron chi connectivity index (χ1n) is 38.1. The summed E-state index contributed by atoms with van der Waals surface area (Å²) >= 11 is 0. The Hall–Kier alpha value is -14.0. The predicted octanol–water partition coefficient (Wildman–Crippen LogP) is 28.2. The van der Waals surface area contributed by atoms with Crippen molar-refractivity contribution in [3.05, 3.63) is 364 Å². The van der Waals surface area contributed by atoms with Crippen molar-refractivity contribution in [2.45, 2.75) is 0 Å². The molecule has 25 rings (SSSR count). The van der Waals surface area contributed by atoms with Crippen molar-refractivity contribution >= 4 is 217 Å². The lowest BCUT2D eigenvalue weighted by Crippen LogP contribution is -1.88. The Morgan fingerprint density at radius 3 is 0.691 bits per heavy atom. The van der Waals surface area contributed by atoms with E-state index in [-0.39, 0.29) is 0 Å². The Labute approximate surface area is 634 Å². The van der Waals surface area contributed by atoms with Gasteiger partial charge < -0.3 is 22.8 Å². The average molecular weight is 1410 g/mol. The molecule has 0 fully saturated rings. The lowest BCUT2D eigenvalue weighted by molar-refractivity contribution is 1.02. The minimum atomic E-state index is 1.30. The molecule has 5 aromatic heterocycles. The highest BCUT2D eigenvalue weighted by atomic mass is 15.0. The quantitative estimate of drug-likeness (QED) is 0.145. The van der Waals surface area contributed by atoms with Crippen molar-refractivity contribution < 1.29 is 0 Å². The number of rotatable bonds is 0. The highest BCUT2D eigenvalue weighted by molar-refractivity contribution is 6.29. The van der Waals surface area contributed by atoms with Crippen LogP contribution in [-0.2, 0) is 35.2 Å². The van der Waals surface area contributed by atoms with Gasteiger partial charge in [-0.2, -0.15) is 0 Å². The summed E-state index contributed by atoms with van der Waals surface area (Å²) in [6.45, 7) is 0. The highest BCUT2D eigenvalue weighted by Gasteiger charge is 2.19. The van der Waals surface area contributed by atoms with Crippen LogP contribution < -0.4 is 0 Å². The number of aromatic nitrogens is 5. The van der Waals surface area contributed by atoms with Crippen LogP contribution >= 0.6 is 0 Å². The van der Waals surface area contributed by atoms with Gasteiger partial charge in [0.15, 0.2) is 0 Å². The Morgan fingerprint density at radius 2 is 0.336 bits per heavy atom. The minimum absolute atomic E-state index is 1.30. The molecular weight excluding hydrogens is 1330 g/mol. The SMILES string of the molecule is Cn1c2c3ccccc3ccc2c2ccc3ccccc3c21.Cn1c2cc3ccccc3cc2c2c3ccccc3ccc21.Cn1c2cc3ccccc3cc2c2cc3ccccc3cc21.Cn1c2cc3ccccc3cc2c2ccc3ccccc3c21.Cn1c2ccc3ccccc3c2c2c3ccccc3ccc21. The second kappa shape index (κ2) is 25.6. The number of fused-ring (bicyclic) bond motifs is 31. The normalized spacial score (nSPS) is 11.9. The summed E-state index contributed by atoms with van der Waals surface area (Å²) in [6, 6.07) is 132. The Kier molecular flexibility index (Phi) is 15.0. The molecule has 0 saturated carbocycles. The minimum Gasteiger partial charge on any atom is -0.344 e. The molecule has 0 saturated heterocycles. The number of aryl methyl sites for hydroxylation is 5. The number of nitrogens with zero attached hydrogens (tertiary/aromatic N) is 5. The summed E-state index contributed by atoms with van der Waals surface area (Å²) in [5, 5.41) is 39.6. The third-order valence-corrected chi connectivity index (χ3v) is 23.8. The maximum atomic E-state index is 2.36. The van der Waals surface area contributed by atoms with Crippen molar-refractivity contribution in [2.24, 2.45) is 35.2 Å². The first kappa shape index (κ1) is 64.4. The molecule has 0 amide bonds. The zero-order chi connectivity index (χ0) is 73.4. The largest absolute Gasteiger partial charge is 0.344 e. The lowest BCUT2D eigenvalue weighted by Gasteiger charge is -2.04. The van der Waals surface area contributed by atoms with E-state index in [9.17, 15) is 0 Å². The molecule has 520 valence electrons. The van der Waals surface area contributed by atoms with Crippen LogP contribution in [0.3, 0.4) is 0 Å². The molecule has 5 nitrogen and oxygen atoms in total. The molecule has 5 heteroatoms. The van der Waals surface area contributed by atoms with Crippen LogP contribution in [0, 0.1) is 0 Å². The second-order valence-corrected chi connectivity index (χ2v) is 29.8. The van der Waals surface area contributed by atoms with Gasteiger partial charge in [0.25, 0.3) is 0 Å². The summed E-state index contributed by atoms with van der Waals surface area (Å²) < 4.78 is 11.6. The Morgan fingerprint density at radius 1 is 0.127 bits per heavy atom. The van der Waals surface area contributed by atoms with Gasteiger partial charge in [-0.15, -0.1) is 0 Å². The lowest BCUT2D eigenvalue weighted by atomic mass is 10.00. The molecule has 0 bridgehead atoms. The first-order valence-corrected chi connectivity index (χ1v) is 38.1. The van der Waals surface area contributed by atoms with Crippen molar-refractivity contribution in [1.82, 2.24) is 22.8 Å². The van der Waals surface area contributed by atoms with Crippen LogP contribution in [0.2, 0.25) is 0 Å². The first-order chi connectivity index (χ1) is 54.1. The summed E-state index contributed by atoms with van der Waals surface area (Å²) in [7, 11) is 10.8. The van der Waals surface area contributed by atoms with Gasteiger partial charge >= 0.3 is 0 Å². The van der Waals surface area contributed by atoms with E-state index in [1.165, 1.54) is 217 Å². The van der Waals surface area contributed by atoms with Crippen LogP contribution in [-0.4, -0.2) is 22.8 Å².